The minimum Gasteiger partial charge on any atom is -0.476 e. The summed E-state index contributed by atoms with van der Waals surface area (Å²) in [4.78, 5) is 52.2. The number of hydrogen-bond acceptors (Lipinski definition) is 7. The van der Waals surface area contributed by atoms with E-state index in [0.29, 0.717) is 0 Å². The third kappa shape index (κ3) is 6.43. The van der Waals surface area contributed by atoms with Crippen molar-refractivity contribution in [3.8, 4) is 11.1 Å². The van der Waals surface area contributed by atoms with Gasteiger partial charge < -0.3 is 26.2 Å². The van der Waals surface area contributed by atoms with Gasteiger partial charge in [0, 0.05) is 19.4 Å². The molecule has 0 spiro atoms. The Balaban J connectivity index is 1.51. The van der Waals surface area contributed by atoms with Gasteiger partial charge in [-0.05, 0) is 29.5 Å². The Labute approximate surface area is 237 Å². The summed E-state index contributed by atoms with van der Waals surface area (Å²) in [5.74, 6) is -3.49. The molecule has 2 aromatic carbocycles. The van der Waals surface area contributed by atoms with Crippen LogP contribution in [0, 0.1) is 12.8 Å². The number of carbonyl (C=O) groups is 4. The van der Waals surface area contributed by atoms with E-state index in [-0.39, 0.29) is 36.7 Å². The Morgan fingerprint density at radius 3 is 2.24 bits per heavy atom. The molecular formula is C29H34N6O6. The summed E-state index contributed by atoms with van der Waals surface area (Å²) in [6.07, 6.45) is -0.855. The number of primary amides is 1. The summed E-state index contributed by atoms with van der Waals surface area (Å²) < 4.78 is 1.24. The molecule has 1 aromatic heterocycles. The first-order chi connectivity index (χ1) is 19.5. The lowest BCUT2D eigenvalue weighted by atomic mass is 10.00. The second-order valence-corrected chi connectivity index (χ2v) is 10.6. The standard InChI is InChI=1S/C29H34N6O6/c1-16(2)25(35-17(3)24(29(40)41)32-33-35)28(39)34-15-21(36)14-23(34)27(38)31-22(26(30)37)13-18-9-11-20(12-10-18)19-7-5-4-6-8-19/h4-12,16,21-23,25,36H,13-15H2,1-3H3,(H2,30,37)(H,31,38)(H,40,41). The number of aromatic nitrogens is 3. The van der Waals surface area contributed by atoms with E-state index in [9.17, 15) is 29.4 Å². The van der Waals surface area contributed by atoms with Crippen molar-refractivity contribution in [2.75, 3.05) is 6.54 Å². The maximum Gasteiger partial charge on any atom is 0.358 e. The van der Waals surface area contributed by atoms with Crippen molar-refractivity contribution >= 4 is 23.7 Å². The van der Waals surface area contributed by atoms with E-state index in [2.05, 4.69) is 15.6 Å². The molecule has 12 nitrogen and oxygen atoms in total. The molecule has 0 bridgehead atoms. The fourth-order valence-electron chi connectivity index (χ4n) is 5.14. The molecule has 5 N–H and O–H groups in total. The Kier molecular flexibility index (Phi) is 8.82. The van der Waals surface area contributed by atoms with Crippen LogP contribution in [0.15, 0.2) is 54.6 Å². The van der Waals surface area contributed by atoms with Crippen molar-refractivity contribution in [2.24, 2.45) is 11.7 Å². The zero-order valence-electron chi connectivity index (χ0n) is 23.1. The lowest BCUT2D eigenvalue weighted by molar-refractivity contribution is -0.143. The molecule has 1 saturated heterocycles. The van der Waals surface area contributed by atoms with Crippen LogP contribution in [0.1, 0.15) is 48.1 Å². The quantitative estimate of drug-likeness (QED) is 0.285. The summed E-state index contributed by atoms with van der Waals surface area (Å²) in [7, 11) is 0. The van der Waals surface area contributed by atoms with E-state index < -0.39 is 47.9 Å². The van der Waals surface area contributed by atoms with Gasteiger partial charge in [0.25, 0.3) is 0 Å². The van der Waals surface area contributed by atoms with Crippen LogP contribution in [0.4, 0.5) is 0 Å². The number of nitrogens with one attached hydrogen (secondary N) is 1. The fraction of sp³-hybridized carbons (Fsp3) is 0.379. The number of hydrogen-bond donors (Lipinski definition) is 4. The Morgan fingerprint density at radius 2 is 1.68 bits per heavy atom. The van der Waals surface area contributed by atoms with Gasteiger partial charge in [-0.1, -0.05) is 73.7 Å². The zero-order valence-corrected chi connectivity index (χ0v) is 23.1. The van der Waals surface area contributed by atoms with Crippen LogP contribution < -0.4 is 11.1 Å². The maximum absolute atomic E-state index is 13.7. The Bertz CT molecular complexity index is 1420. The monoisotopic (exact) mass is 562 g/mol. The summed E-state index contributed by atoms with van der Waals surface area (Å²) in [6.45, 7) is 4.91. The molecule has 0 saturated carbocycles. The highest BCUT2D eigenvalue weighted by molar-refractivity contribution is 5.93. The van der Waals surface area contributed by atoms with Gasteiger partial charge in [-0.15, -0.1) is 5.10 Å². The molecule has 0 aliphatic carbocycles. The van der Waals surface area contributed by atoms with Crippen LogP contribution in [0.25, 0.3) is 11.1 Å². The highest BCUT2D eigenvalue weighted by atomic mass is 16.4. The first-order valence-electron chi connectivity index (χ1n) is 13.4. The van der Waals surface area contributed by atoms with Gasteiger partial charge in [0.05, 0.1) is 11.8 Å². The van der Waals surface area contributed by atoms with Crippen LogP contribution in [-0.2, 0) is 20.8 Å². The van der Waals surface area contributed by atoms with Gasteiger partial charge in [-0.2, -0.15) is 0 Å². The highest BCUT2D eigenvalue weighted by Crippen LogP contribution is 2.28. The van der Waals surface area contributed by atoms with Crippen molar-refractivity contribution in [3.63, 3.8) is 0 Å². The summed E-state index contributed by atoms with van der Waals surface area (Å²) >= 11 is 0. The highest BCUT2D eigenvalue weighted by Gasteiger charge is 2.43. The number of nitrogens with two attached hydrogens (primary N) is 1. The average molecular weight is 563 g/mol. The van der Waals surface area contributed by atoms with Crippen LogP contribution >= 0.6 is 0 Å². The van der Waals surface area contributed by atoms with E-state index in [0.717, 1.165) is 16.7 Å². The van der Waals surface area contributed by atoms with Crippen LogP contribution in [0.2, 0.25) is 0 Å². The summed E-state index contributed by atoms with van der Waals surface area (Å²) in [5, 5.41) is 30.0. The topological polar surface area (TPSA) is 181 Å². The van der Waals surface area contributed by atoms with Gasteiger partial charge in [0.15, 0.2) is 5.69 Å². The number of carboxylic acids is 1. The average Bonchev–Trinajstić information content (AvgIpc) is 3.51. The smallest absolute Gasteiger partial charge is 0.358 e. The number of likely N-dealkylation sites (tertiary alicyclic amines) is 1. The predicted octanol–water partition coefficient (Wildman–Crippen LogP) is 1.32. The molecule has 0 radical (unpaired) electrons. The number of aromatic carboxylic acids is 1. The number of amides is 3. The van der Waals surface area contributed by atoms with Gasteiger partial charge in [0.1, 0.15) is 18.1 Å². The number of carboxylic acid groups (broad SMARTS) is 1. The number of carbonyl (C=O) groups excluding carboxylic acids is 3. The first-order valence-corrected chi connectivity index (χ1v) is 13.4. The van der Waals surface area contributed by atoms with Gasteiger partial charge in [-0.3, -0.25) is 14.4 Å². The zero-order chi connectivity index (χ0) is 29.8. The van der Waals surface area contributed by atoms with Crippen LogP contribution in [0.5, 0.6) is 0 Å². The van der Waals surface area contributed by atoms with Crippen molar-refractivity contribution in [3.05, 3.63) is 71.5 Å². The molecule has 1 aliphatic rings. The van der Waals surface area contributed by atoms with Crippen molar-refractivity contribution in [2.45, 2.75) is 57.8 Å². The van der Waals surface area contributed by atoms with Gasteiger partial charge in [0.2, 0.25) is 17.7 Å². The van der Waals surface area contributed by atoms with Crippen molar-refractivity contribution in [1.29, 1.82) is 0 Å². The molecule has 12 heteroatoms. The predicted molar refractivity (Wildman–Crippen MR) is 148 cm³/mol. The maximum atomic E-state index is 13.7. The van der Waals surface area contributed by atoms with E-state index in [1.165, 1.54) is 16.5 Å². The minimum absolute atomic E-state index is 0.0314. The normalized spacial score (nSPS) is 18.2. The molecule has 3 amide bonds. The number of aliphatic hydroxyl groups is 1. The number of β-amino-alcohol motifs (C(OH)–C–C–N with tert-alkyl or cyclic N) is 1. The van der Waals surface area contributed by atoms with Gasteiger partial charge in [-0.25, -0.2) is 9.48 Å². The molecule has 1 fully saturated rings. The summed E-state index contributed by atoms with van der Waals surface area (Å²) in [6, 6.07) is 14.3. The first kappa shape index (κ1) is 29.4. The SMILES string of the molecule is Cc1c(C(=O)O)nnn1C(C(=O)N1CC(O)CC1C(=O)NC(Cc1ccc(-c2ccccc2)cc1)C(N)=O)C(C)C. The van der Waals surface area contributed by atoms with Crippen LogP contribution in [-0.4, -0.2) is 78.5 Å². The molecule has 2 heterocycles. The van der Waals surface area contributed by atoms with Gasteiger partial charge >= 0.3 is 5.97 Å². The van der Waals surface area contributed by atoms with Crippen molar-refractivity contribution in [1.82, 2.24) is 25.2 Å². The Hall–Kier alpha value is -4.58. The molecule has 216 valence electrons. The number of nitrogens with zero attached hydrogens (tertiary/aromatic N) is 4. The van der Waals surface area contributed by atoms with E-state index in [4.69, 9.17) is 5.73 Å². The van der Waals surface area contributed by atoms with E-state index in [1.807, 2.05) is 54.6 Å². The fourth-order valence-corrected chi connectivity index (χ4v) is 5.14. The lowest BCUT2D eigenvalue weighted by Gasteiger charge is -2.31. The van der Waals surface area contributed by atoms with Crippen LogP contribution in [0.3, 0.4) is 0 Å². The third-order valence-electron chi connectivity index (χ3n) is 7.30. The number of aliphatic hydroxyl groups excluding tert-OH is 1. The lowest BCUT2D eigenvalue weighted by Crippen LogP contribution is -2.54. The minimum atomic E-state index is -1.27. The Morgan fingerprint density at radius 1 is 1.05 bits per heavy atom. The second-order valence-electron chi connectivity index (χ2n) is 10.6. The molecular weight excluding hydrogens is 528 g/mol. The summed E-state index contributed by atoms with van der Waals surface area (Å²) in [5.41, 5.74) is 8.37. The number of rotatable bonds is 10. The molecule has 3 aromatic rings. The molecule has 41 heavy (non-hydrogen) atoms. The van der Waals surface area contributed by atoms with Crippen molar-refractivity contribution < 1.29 is 29.4 Å². The molecule has 4 unspecified atom stereocenters. The largest absolute Gasteiger partial charge is 0.476 e. The molecule has 4 rings (SSSR count). The second kappa shape index (κ2) is 12.3. The third-order valence-corrected chi connectivity index (χ3v) is 7.30. The molecule has 4 atom stereocenters. The van der Waals surface area contributed by atoms with E-state index in [1.54, 1.807) is 13.8 Å². The molecule has 1 aliphatic heterocycles. The number of benzene rings is 2. The van der Waals surface area contributed by atoms with E-state index >= 15 is 0 Å².